The van der Waals surface area contributed by atoms with Crippen molar-refractivity contribution in [2.45, 2.75) is 71.0 Å². The molecule has 9 heteroatoms. The molecule has 2 atom stereocenters. The first-order valence-electron chi connectivity index (χ1n) is 8.06. The van der Waals surface area contributed by atoms with Crippen LogP contribution in [0, 0.1) is 5.92 Å². The number of Topliss-reactive ketones (excluding diaryl/α,β-unsaturated/α-hetero) is 1. The summed E-state index contributed by atoms with van der Waals surface area (Å²) in [5, 5.41) is 4.53. The predicted octanol–water partition coefficient (Wildman–Crippen LogP) is 1.44. The summed E-state index contributed by atoms with van der Waals surface area (Å²) in [5.41, 5.74) is 3.07. The van der Waals surface area contributed by atoms with Crippen molar-refractivity contribution in [1.29, 1.82) is 0 Å². The number of ether oxygens (including phenoxy) is 1. The number of nitrogens with two attached hydrogens (primary N) is 1. The van der Waals surface area contributed by atoms with Crippen LogP contribution in [0.3, 0.4) is 0 Å². The lowest BCUT2D eigenvalue weighted by molar-refractivity contribution is -0.129. The number of primary amides is 1. The van der Waals surface area contributed by atoms with E-state index in [9.17, 15) is 19.2 Å². The minimum atomic E-state index is -1.29. The lowest BCUT2D eigenvalue weighted by atomic mass is 10.1. The summed E-state index contributed by atoms with van der Waals surface area (Å²) in [6, 6.07) is -1.29. The van der Waals surface area contributed by atoms with E-state index >= 15 is 0 Å². The normalized spacial score (nSPS) is 13.7. The van der Waals surface area contributed by atoms with Crippen LogP contribution in [0.25, 0.3) is 0 Å². The van der Waals surface area contributed by atoms with Crippen molar-refractivity contribution in [3.05, 3.63) is 0 Å². The Morgan fingerprint density at radius 3 is 2.12 bits per heavy atom. The Bertz CT molecular complexity index is 502. The van der Waals surface area contributed by atoms with Crippen LogP contribution in [0.1, 0.15) is 53.9 Å². The van der Waals surface area contributed by atoms with Gasteiger partial charge in [-0.05, 0) is 33.1 Å². The molecule has 0 aromatic carbocycles. The second-order valence-corrected chi connectivity index (χ2v) is 7.58. The molecule has 0 aromatic rings. The molecule has 0 heterocycles. The Labute approximate surface area is 153 Å². The summed E-state index contributed by atoms with van der Waals surface area (Å²) in [5.74, 6) is -1.62. The van der Waals surface area contributed by atoms with Crippen LogP contribution in [0.15, 0.2) is 0 Å². The van der Waals surface area contributed by atoms with Crippen LogP contribution in [0.4, 0.5) is 4.79 Å². The number of ketones is 1. The molecule has 0 aliphatic rings. The molecule has 0 aliphatic heterocycles. The third kappa shape index (κ3) is 11.4. The maximum atomic E-state index is 12.2. The summed E-state index contributed by atoms with van der Waals surface area (Å²) in [4.78, 5) is 47.0. The third-order valence-corrected chi connectivity index (χ3v) is 3.29. The van der Waals surface area contributed by atoms with Gasteiger partial charge in [-0.2, -0.15) is 0 Å². The number of carbonyl (C=O) groups excluding carboxylic acids is 4. The van der Waals surface area contributed by atoms with Crippen molar-refractivity contribution in [1.82, 2.24) is 10.6 Å². The summed E-state index contributed by atoms with van der Waals surface area (Å²) in [6.07, 6.45) is -0.481. The minimum absolute atomic E-state index is 0.214. The highest BCUT2D eigenvalue weighted by Gasteiger charge is 2.28. The molecule has 0 aliphatic carbocycles. The summed E-state index contributed by atoms with van der Waals surface area (Å²) in [7, 11) is 0. The molecule has 0 fully saturated rings. The van der Waals surface area contributed by atoms with Crippen molar-refractivity contribution in [2.75, 3.05) is 0 Å². The zero-order chi connectivity index (χ0) is 19.8. The highest BCUT2D eigenvalue weighted by atomic mass is 35.5. The Hall–Kier alpha value is -1.83. The molecule has 25 heavy (non-hydrogen) atoms. The summed E-state index contributed by atoms with van der Waals surface area (Å²) >= 11 is 5.89. The van der Waals surface area contributed by atoms with Gasteiger partial charge in [-0.15, -0.1) is 0 Å². The molecule has 2 unspecified atom stereocenters. The van der Waals surface area contributed by atoms with Gasteiger partial charge < -0.3 is 21.1 Å². The van der Waals surface area contributed by atoms with E-state index in [-0.39, 0.29) is 12.2 Å². The number of halogens is 1. The lowest BCUT2D eigenvalue weighted by Gasteiger charge is -2.23. The largest absolute Gasteiger partial charge is 0.444 e. The Balaban J connectivity index is 4.80. The second kappa shape index (κ2) is 10.2. The lowest BCUT2D eigenvalue weighted by Crippen LogP contribution is -2.52. The summed E-state index contributed by atoms with van der Waals surface area (Å²) < 4.78 is 5.04. The Kier molecular flexibility index (Phi) is 9.48. The van der Waals surface area contributed by atoms with Gasteiger partial charge in [0.25, 0.3) is 0 Å². The van der Waals surface area contributed by atoms with Crippen molar-refractivity contribution < 1.29 is 23.9 Å². The van der Waals surface area contributed by atoms with Gasteiger partial charge in [0, 0.05) is 6.42 Å². The zero-order valence-corrected chi connectivity index (χ0v) is 16.1. The topological polar surface area (TPSA) is 128 Å². The molecule has 8 nitrogen and oxygen atoms in total. The van der Waals surface area contributed by atoms with Crippen molar-refractivity contribution in [3.8, 4) is 0 Å². The average Bonchev–Trinajstić information content (AvgIpc) is 2.41. The number of rotatable bonds is 9. The Morgan fingerprint density at radius 2 is 1.68 bits per heavy atom. The third-order valence-electron chi connectivity index (χ3n) is 2.93. The summed E-state index contributed by atoms with van der Waals surface area (Å²) in [6.45, 7) is 8.87. The molecular formula is C16H28ClN3O5. The quantitative estimate of drug-likeness (QED) is 0.413. The predicted molar refractivity (Wildman–Crippen MR) is 93.8 cm³/mol. The molecule has 0 aromatic heterocycles. The fourth-order valence-electron chi connectivity index (χ4n) is 1.72. The Morgan fingerprint density at radius 1 is 1.12 bits per heavy atom. The van der Waals surface area contributed by atoms with Crippen LogP contribution < -0.4 is 16.4 Å². The van der Waals surface area contributed by atoms with E-state index < -0.39 is 41.5 Å². The molecule has 3 amide bonds. The number of carbonyl (C=O) groups is 4. The fourth-order valence-corrected chi connectivity index (χ4v) is 1.94. The van der Waals surface area contributed by atoms with E-state index in [2.05, 4.69) is 10.6 Å². The van der Waals surface area contributed by atoms with Crippen molar-refractivity contribution in [2.24, 2.45) is 11.7 Å². The van der Waals surface area contributed by atoms with Gasteiger partial charge in [-0.25, -0.2) is 4.79 Å². The maximum Gasteiger partial charge on any atom is 0.408 e. The number of amides is 3. The first kappa shape index (κ1) is 23.2. The van der Waals surface area contributed by atoms with E-state index in [1.165, 1.54) is 0 Å². The smallest absolute Gasteiger partial charge is 0.408 e. The molecule has 0 rings (SSSR count). The number of hydrogen-bond acceptors (Lipinski definition) is 5. The highest BCUT2D eigenvalue weighted by molar-refractivity contribution is 6.31. The maximum absolute atomic E-state index is 12.2. The molecule has 0 saturated heterocycles. The van der Waals surface area contributed by atoms with Gasteiger partial charge in [0.05, 0.1) is 6.42 Å². The van der Waals surface area contributed by atoms with Gasteiger partial charge in [0.15, 0.2) is 11.3 Å². The molecule has 0 radical (unpaired) electrons. The van der Waals surface area contributed by atoms with Crippen LogP contribution in [0.2, 0.25) is 0 Å². The van der Waals surface area contributed by atoms with Crippen LogP contribution in [-0.2, 0) is 19.1 Å². The molecule has 0 saturated carbocycles. The number of alkyl carbamates (subject to hydrolysis) is 1. The highest BCUT2D eigenvalue weighted by Crippen LogP contribution is 2.09. The molecule has 0 spiro atoms. The SMILES string of the molecule is CC(C)CCC(=O)C(Cl)NC(=O)C(CC(N)=O)NC(=O)OC(C)(C)C. The van der Waals surface area contributed by atoms with Crippen molar-refractivity contribution >= 4 is 35.3 Å². The number of nitrogens with one attached hydrogen (secondary N) is 2. The molecule has 144 valence electrons. The van der Waals surface area contributed by atoms with Crippen LogP contribution in [0.5, 0.6) is 0 Å². The van der Waals surface area contributed by atoms with E-state index in [0.717, 1.165) is 0 Å². The van der Waals surface area contributed by atoms with Gasteiger partial charge >= 0.3 is 6.09 Å². The standard InChI is InChI=1S/C16H28ClN3O5/c1-9(2)6-7-11(21)13(17)20-14(23)10(8-12(18)22)19-15(24)25-16(3,4)5/h9-10,13H,6-8H2,1-5H3,(H2,18,22)(H,19,24)(H,20,23). The molecular weight excluding hydrogens is 350 g/mol. The van der Waals surface area contributed by atoms with Crippen molar-refractivity contribution in [3.63, 3.8) is 0 Å². The second-order valence-electron chi connectivity index (χ2n) is 7.14. The van der Waals surface area contributed by atoms with Gasteiger partial charge in [0.2, 0.25) is 11.8 Å². The number of hydrogen-bond donors (Lipinski definition) is 3. The van der Waals surface area contributed by atoms with Crippen LogP contribution in [-0.4, -0.2) is 40.8 Å². The minimum Gasteiger partial charge on any atom is -0.444 e. The molecule has 4 N–H and O–H groups in total. The van der Waals surface area contributed by atoms with E-state index in [0.29, 0.717) is 12.3 Å². The van der Waals surface area contributed by atoms with E-state index in [1.54, 1.807) is 20.8 Å². The zero-order valence-electron chi connectivity index (χ0n) is 15.3. The van der Waals surface area contributed by atoms with E-state index in [4.69, 9.17) is 22.1 Å². The van der Waals surface area contributed by atoms with Gasteiger partial charge in [-0.3, -0.25) is 14.4 Å². The first-order valence-corrected chi connectivity index (χ1v) is 8.50. The van der Waals surface area contributed by atoms with Gasteiger partial charge in [-0.1, -0.05) is 25.4 Å². The fraction of sp³-hybridized carbons (Fsp3) is 0.750. The van der Waals surface area contributed by atoms with E-state index in [1.807, 2.05) is 13.8 Å². The monoisotopic (exact) mass is 377 g/mol. The van der Waals surface area contributed by atoms with Gasteiger partial charge in [0.1, 0.15) is 11.6 Å². The van der Waals surface area contributed by atoms with Crippen LogP contribution >= 0.6 is 11.6 Å². The first-order chi connectivity index (χ1) is 11.3. The average molecular weight is 378 g/mol. The molecule has 0 bridgehead atoms. The number of alkyl halides is 1.